The molecule has 4 nitrogen and oxygen atoms in total. The number of carbonyl (C=O) groups excluding carboxylic acids is 1. The van der Waals surface area contributed by atoms with Crippen molar-refractivity contribution in [2.75, 3.05) is 38.2 Å². The molecule has 5 heteroatoms. The summed E-state index contributed by atoms with van der Waals surface area (Å²) in [6, 6.07) is 15.1. The summed E-state index contributed by atoms with van der Waals surface area (Å²) in [4.78, 5) is 16.7. The molecule has 25 heavy (non-hydrogen) atoms. The second-order valence-corrected chi connectivity index (χ2v) is 6.34. The lowest BCUT2D eigenvalue weighted by atomic mass is 10.1. The molecule has 0 N–H and O–H groups in total. The fraction of sp³-hybridized carbons (Fsp3) is 0.250. The van der Waals surface area contributed by atoms with E-state index in [-0.39, 0.29) is 5.78 Å². The molecule has 0 aliphatic carbocycles. The lowest BCUT2D eigenvalue weighted by molar-refractivity contribution is 0.104. The van der Waals surface area contributed by atoms with Gasteiger partial charge >= 0.3 is 0 Å². The molecule has 0 spiro atoms. The largest absolute Gasteiger partial charge is 0.497 e. The number of anilines is 1. The summed E-state index contributed by atoms with van der Waals surface area (Å²) < 4.78 is 5.11. The van der Waals surface area contributed by atoms with Gasteiger partial charge in [-0.1, -0.05) is 11.6 Å². The Bertz CT molecular complexity index is 733. The number of halogens is 1. The molecular formula is C20H21ClN2O2. The minimum Gasteiger partial charge on any atom is -0.497 e. The first-order valence-electron chi connectivity index (χ1n) is 8.27. The minimum atomic E-state index is 0.00258. The molecular weight excluding hydrogens is 336 g/mol. The van der Waals surface area contributed by atoms with Crippen LogP contribution in [0.5, 0.6) is 5.75 Å². The molecule has 0 aromatic heterocycles. The molecule has 0 unspecified atom stereocenters. The molecule has 0 atom stereocenters. The molecule has 1 aliphatic rings. The number of methoxy groups -OCH3 is 1. The van der Waals surface area contributed by atoms with Gasteiger partial charge in [0.05, 0.1) is 7.11 Å². The number of piperazine rings is 1. The Morgan fingerprint density at radius 1 is 1.00 bits per heavy atom. The van der Waals surface area contributed by atoms with Crippen LogP contribution in [-0.4, -0.2) is 44.0 Å². The molecule has 1 aliphatic heterocycles. The standard InChI is InChI=1S/C20H21ClN2O2/c1-25-19-8-2-16(3-9-19)20(24)10-11-22-12-14-23(15-13-22)18-6-4-17(21)5-7-18/h2-11H,12-15H2,1H3. The van der Waals surface area contributed by atoms with Crippen molar-refractivity contribution in [3.63, 3.8) is 0 Å². The van der Waals surface area contributed by atoms with Crippen molar-refractivity contribution in [3.05, 3.63) is 71.4 Å². The third-order valence-corrected chi connectivity index (χ3v) is 4.57. The highest BCUT2D eigenvalue weighted by molar-refractivity contribution is 6.30. The number of ether oxygens (including phenoxy) is 1. The minimum absolute atomic E-state index is 0.00258. The van der Waals surface area contributed by atoms with Gasteiger partial charge in [-0.3, -0.25) is 4.79 Å². The van der Waals surface area contributed by atoms with Crippen molar-refractivity contribution in [3.8, 4) is 5.75 Å². The molecule has 0 amide bonds. The van der Waals surface area contributed by atoms with Gasteiger partial charge in [0.25, 0.3) is 0 Å². The van der Waals surface area contributed by atoms with Gasteiger partial charge in [-0.2, -0.15) is 0 Å². The molecule has 1 saturated heterocycles. The first-order valence-corrected chi connectivity index (χ1v) is 8.64. The van der Waals surface area contributed by atoms with Gasteiger partial charge in [0, 0.05) is 54.7 Å². The van der Waals surface area contributed by atoms with Gasteiger partial charge < -0.3 is 14.5 Å². The smallest absolute Gasteiger partial charge is 0.187 e. The van der Waals surface area contributed by atoms with E-state index in [0.717, 1.165) is 37.0 Å². The van der Waals surface area contributed by atoms with E-state index in [0.29, 0.717) is 5.56 Å². The van der Waals surface area contributed by atoms with E-state index in [4.69, 9.17) is 16.3 Å². The van der Waals surface area contributed by atoms with Gasteiger partial charge in [-0.05, 0) is 48.5 Å². The second kappa shape index (κ2) is 8.08. The van der Waals surface area contributed by atoms with E-state index in [1.165, 1.54) is 5.69 Å². The summed E-state index contributed by atoms with van der Waals surface area (Å²) in [7, 11) is 1.61. The summed E-state index contributed by atoms with van der Waals surface area (Å²) in [5.41, 5.74) is 1.85. The maximum Gasteiger partial charge on any atom is 0.187 e. The van der Waals surface area contributed by atoms with Crippen molar-refractivity contribution >= 4 is 23.1 Å². The first kappa shape index (κ1) is 17.4. The number of allylic oxidation sites excluding steroid dienone is 1. The van der Waals surface area contributed by atoms with Crippen LogP contribution >= 0.6 is 11.6 Å². The lowest BCUT2D eigenvalue weighted by Gasteiger charge is -2.35. The average Bonchev–Trinajstić information content (AvgIpc) is 2.67. The molecule has 2 aromatic rings. The van der Waals surface area contributed by atoms with Crippen LogP contribution in [0.4, 0.5) is 5.69 Å². The van der Waals surface area contributed by atoms with Crippen molar-refractivity contribution in [2.45, 2.75) is 0 Å². The van der Waals surface area contributed by atoms with Crippen molar-refractivity contribution < 1.29 is 9.53 Å². The van der Waals surface area contributed by atoms with Gasteiger partial charge in [0.15, 0.2) is 5.78 Å². The van der Waals surface area contributed by atoms with Crippen LogP contribution in [-0.2, 0) is 0 Å². The summed E-state index contributed by atoms with van der Waals surface area (Å²) in [5.74, 6) is 0.752. The van der Waals surface area contributed by atoms with Crippen LogP contribution in [0.1, 0.15) is 10.4 Å². The molecule has 130 valence electrons. The number of rotatable bonds is 5. The zero-order valence-electron chi connectivity index (χ0n) is 14.2. The topological polar surface area (TPSA) is 32.8 Å². The normalized spacial score (nSPS) is 14.8. The highest BCUT2D eigenvalue weighted by Crippen LogP contribution is 2.19. The average molecular weight is 357 g/mol. The van der Waals surface area contributed by atoms with E-state index in [1.54, 1.807) is 37.5 Å². The maximum absolute atomic E-state index is 12.2. The van der Waals surface area contributed by atoms with Crippen LogP contribution < -0.4 is 9.64 Å². The van der Waals surface area contributed by atoms with Crippen molar-refractivity contribution in [1.82, 2.24) is 4.90 Å². The summed E-state index contributed by atoms with van der Waals surface area (Å²) in [6.45, 7) is 3.61. The molecule has 3 rings (SSSR count). The fourth-order valence-corrected chi connectivity index (χ4v) is 2.93. The van der Waals surface area contributed by atoms with Crippen LogP contribution in [0, 0.1) is 0 Å². The SMILES string of the molecule is COc1ccc(C(=O)C=CN2CCN(c3ccc(Cl)cc3)CC2)cc1. The molecule has 0 saturated carbocycles. The third-order valence-electron chi connectivity index (χ3n) is 4.32. The lowest BCUT2D eigenvalue weighted by Crippen LogP contribution is -2.44. The molecule has 1 heterocycles. The van der Waals surface area contributed by atoms with E-state index >= 15 is 0 Å². The number of hydrogen-bond donors (Lipinski definition) is 0. The summed E-state index contributed by atoms with van der Waals surface area (Å²) in [5, 5.41) is 0.752. The van der Waals surface area contributed by atoms with E-state index in [1.807, 2.05) is 30.5 Å². The Morgan fingerprint density at radius 3 is 2.24 bits per heavy atom. The zero-order chi connectivity index (χ0) is 17.6. The second-order valence-electron chi connectivity index (χ2n) is 5.91. The monoisotopic (exact) mass is 356 g/mol. The molecule has 1 fully saturated rings. The molecule has 0 bridgehead atoms. The van der Waals surface area contributed by atoms with Crippen LogP contribution in [0.2, 0.25) is 5.02 Å². The van der Waals surface area contributed by atoms with E-state index < -0.39 is 0 Å². The van der Waals surface area contributed by atoms with Gasteiger partial charge in [0.2, 0.25) is 0 Å². The summed E-state index contributed by atoms with van der Waals surface area (Å²) >= 11 is 5.94. The Morgan fingerprint density at radius 2 is 1.64 bits per heavy atom. The first-order chi connectivity index (χ1) is 12.2. The Hall–Kier alpha value is -2.46. The fourth-order valence-electron chi connectivity index (χ4n) is 2.81. The van der Waals surface area contributed by atoms with Gasteiger partial charge in [-0.15, -0.1) is 0 Å². The summed E-state index contributed by atoms with van der Waals surface area (Å²) in [6.07, 6.45) is 3.53. The van der Waals surface area contributed by atoms with E-state index in [2.05, 4.69) is 9.80 Å². The van der Waals surface area contributed by atoms with Crippen molar-refractivity contribution in [1.29, 1.82) is 0 Å². The van der Waals surface area contributed by atoms with E-state index in [9.17, 15) is 4.79 Å². The zero-order valence-corrected chi connectivity index (χ0v) is 14.9. The number of hydrogen-bond acceptors (Lipinski definition) is 4. The number of nitrogens with zero attached hydrogens (tertiary/aromatic N) is 2. The van der Waals surface area contributed by atoms with Gasteiger partial charge in [0.1, 0.15) is 5.75 Å². The van der Waals surface area contributed by atoms with Crippen LogP contribution in [0.3, 0.4) is 0 Å². The number of ketones is 1. The quantitative estimate of drug-likeness (QED) is 0.601. The Kier molecular flexibility index (Phi) is 5.61. The predicted octanol–water partition coefficient (Wildman–Crippen LogP) is 3.87. The van der Waals surface area contributed by atoms with Gasteiger partial charge in [-0.25, -0.2) is 0 Å². The van der Waals surface area contributed by atoms with Crippen molar-refractivity contribution in [2.24, 2.45) is 0 Å². The predicted molar refractivity (Wildman–Crippen MR) is 102 cm³/mol. The highest BCUT2D eigenvalue weighted by atomic mass is 35.5. The third kappa shape index (κ3) is 4.54. The molecule has 0 radical (unpaired) electrons. The van der Waals surface area contributed by atoms with Crippen LogP contribution in [0.25, 0.3) is 0 Å². The van der Waals surface area contributed by atoms with Crippen LogP contribution in [0.15, 0.2) is 60.8 Å². The number of benzene rings is 2. The number of carbonyl (C=O) groups is 1. The highest BCUT2D eigenvalue weighted by Gasteiger charge is 2.15. The Balaban J connectivity index is 1.53. The molecule has 2 aromatic carbocycles. The maximum atomic E-state index is 12.2. The Labute approximate surface area is 153 Å².